The molecule has 0 radical (unpaired) electrons. The van der Waals surface area contributed by atoms with Gasteiger partial charge in [-0.15, -0.1) is 24.0 Å². The Kier molecular flexibility index (Phi) is 11.2. The van der Waals surface area contributed by atoms with Crippen molar-refractivity contribution in [3.63, 3.8) is 0 Å². The van der Waals surface area contributed by atoms with Gasteiger partial charge < -0.3 is 15.2 Å². The van der Waals surface area contributed by atoms with Crippen LogP contribution in [0, 0.1) is 6.92 Å². The lowest BCUT2D eigenvalue weighted by Crippen LogP contribution is -2.45. The van der Waals surface area contributed by atoms with E-state index in [2.05, 4.69) is 58.4 Å². The van der Waals surface area contributed by atoms with E-state index in [0.717, 1.165) is 25.6 Å². The van der Waals surface area contributed by atoms with Gasteiger partial charge in [-0.2, -0.15) is 4.98 Å². The van der Waals surface area contributed by atoms with Gasteiger partial charge in [0.05, 0.1) is 0 Å². The van der Waals surface area contributed by atoms with Crippen LogP contribution >= 0.6 is 24.0 Å². The summed E-state index contributed by atoms with van der Waals surface area (Å²) in [6.07, 6.45) is 0. The summed E-state index contributed by atoms with van der Waals surface area (Å²) in [6, 6.07) is 1.06. The van der Waals surface area contributed by atoms with Gasteiger partial charge in [0.2, 0.25) is 5.89 Å². The highest BCUT2D eigenvalue weighted by Gasteiger charge is 2.12. The molecule has 0 saturated heterocycles. The van der Waals surface area contributed by atoms with Gasteiger partial charge in [-0.25, -0.2) is 4.99 Å². The van der Waals surface area contributed by atoms with E-state index in [1.54, 1.807) is 6.92 Å². The van der Waals surface area contributed by atoms with Gasteiger partial charge in [-0.3, -0.25) is 4.90 Å². The van der Waals surface area contributed by atoms with Gasteiger partial charge >= 0.3 is 0 Å². The van der Waals surface area contributed by atoms with Crippen LogP contribution < -0.4 is 10.6 Å². The Morgan fingerprint density at radius 3 is 2.35 bits per heavy atom. The van der Waals surface area contributed by atoms with Crippen molar-refractivity contribution in [3.05, 3.63) is 11.7 Å². The molecule has 1 aromatic rings. The molecule has 0 unspecified atom stereocenters. The predicted octanol–water partition coefficient (Wildman–Crippen LogP) is 2.17. The molecule has 7 nitrogen and oxygen atoms in total. The molecule has 0 aliphatic carbocycles. The number of nitrogens with one attached hydrogen (secondary N) is 2. The number of guanidine groups is 1. The number of aliphatic imine (C=N–C) groups is 1. The van der Waals surface area contributed by atoms with Crippen LogP contribution in [0.4, 0.5) is 0 Å². The van der Waals surface area contributed by atoms with E-state index in [1.807, 2.05) is 6.92 Å². The first-order chi connectivity index (χ1) is 10.4. The van der Waals surface area contributed by atoms with E-state index >= 15 is 0 Å². The molecule has 23 heavy (non-hydrogen) atoms. The van der Waals surface area contributed by atoms with Crippen LogP contribution in [0.3, 0.4) is 0 Å². The Bertz CT molecular complexity index is 453. The molecule has 0 fully saturated rings. The quantitative estimate of drug-likeness (QED) is 0.368. The monoisotopic (exact) mass is 438 g/mol. The molecule has 1 heterocycles. The largest absolute Gasteiger partial charge is 0.357 e. The van der Waals surface area contributed by atoms with Gasteiger partial charge in [0.15, 0.2) is 11.8 Å². The maximum atomic E-state index is 5.07. The van der Waals surface area contributed by atoms with E-state index in [9.17, 15) is 0 Å². The van der Waals surface area contributed by atoms with Crippen LogP contribution in [0.15, 0.2) is 9.52 Å². The van der Waals surface area contributed by atoms with Gasteiger partial charge in [-0.05, 0) is 41.5 Å². The molecule has 1 aromatic heterocycles. The SMILES string of the molecule is CCNC(=NCc1nc(C)no1)NCCN(C(C)C)C(C)C.I. The third-order valence-electron chi connectivity index (χ3n) is 3.28. The van der Waals surface area contributed by atoms with Crippen molar-refractivity contribution in [2.45, 2.75) is 60.2 Å². The molecule has 1 rings (SSSR count). The Morgan fingerprint density at radius 2 is 1.87 bits per heavy atom. The van der Waals surface area contributed by atoms with Gasteiger partial charge in [0.25, 0.3) is 0 Å². The lowest BCUT2D eigenvalue weighted by molar-refractivity contribution is 0.178. The summed E-state index contributed by atoms with van der Waals surface area (Å²) in [7, 11) is 0. The first-order valence-electron chi connectivity index (χ1n) is 8.01. The van der Waals surface area contributed by atoms with Crippen LogP contribution in [0.1, 0.15) is 46.3 Å². The summed E-state index contributed by atoms with van der Waals surface area (Å²) >= 11 is 0. The highest BCUT2D eigenvalue weighted by molar-refractivity contribution is 14.0. The lowest BCUT2D eigenvalue weighted by atomic mass is 10.2. The summed E-state index contributed by atoms with van der Waals surface area (Å²) in [4.78, 5) is 11.1. The zero-order chi connectivity index (χ0) is 16.5. The number of nitrogens with zero attached hydrogens (tertiary/aromatic N) is 4. The van der Waals surface area contributed by atoms with Crippen molar-refractivity contribution in [3.8, 4) is 0 Å². The summed E-state index contributed by atoms with van der Waals surface area (Å²) in [5, 5.41) is 10.3. The van der Waals surface area contributed by atoms with Crippen molar-refractivity contribution in [1.29, 1.82) is 0 Å². The van der Waals surface area contributed by atoms with Crippen molar-refractivity contribution >= 4 is 29.9 Å². The fourth-order valence-electron chi connectivity index (χ4n) is 2.31. The number of hydrogen-bond acceptors (Lipinski definition) is 5. The normalized spacial score (nSPS) is 12.0. The Hall–Kier alpha value is -0.900. The third-order valence-corrected chi connectivity index (χ3v) is 3.28. The van der Waals surface area contributed by atoms with Crippen LogP contribution in [-0.2, 0) is 6.54 Å². The second kappa shape index (κ2) is 11.6. The predicted molar refractivity (Wildman–Crippen MR) is 104 cm³/mol. The first-order valence-corrected chi connectivity index (χ1v) is 8.01. The third kappa shape index (κ3) is 8.50. The standard InChI is InChI=1S/C15H30N6O.HI/c1-7-16-15(18-10-14-19-13(6)20-22-14)17-8-9-21(11(2)3)12(4)5;/h11-12H,7-10H2,1-6H3,(H2,16,17,18);1H. The van der Waals surface area contributed by atoms with Crippen LogP contribution in [0.25, 0.3) is 0 Å². The number of hydrogen-bond donors (Lipinski definition) is 2. The minimum absolute atomic E-state index is 0. The van der Waals surface area contributed by atoms with Crippen molar-refractivity contribution < 1.29 is 4.52 Å². The van der Waals surface area contributed by atoms with Crippen LogP contribution in [-0.4, -0.2) is 52.7 Å². The number of aromatic nitrogens is 2. The fraction of sp³-hybridized carbons (Fsp3) is 0.800. The Labute approximate surface area is 156 Å². The number of rotatable bonds is 8. The maximum absolute atomic E-state index is 5.07. The molecule has 134 valence electrons. The van der Waals surface area contributed by atoms with E-state index in [1.165, 1.54) is 0 Å². The zero-order valence-corrected chi connectivity index (χ0v) is 17.4. The fourth-order valence-corrected chi connectivity index (χ4v) is 2.31. The maximum Gasteiger partial charge on any atom is 0.248 e. The first kappa shape index (κ1) is 22.1. The molecule has 0 bridgehead atoms. The summed E-state index contributed by atoms with van der Waals surface area (Å²) < 4.78 is 5.07. The average Bonchev–Trinajstić information content (AvgIpc) is 2.85. The number of aryl methyl sites for hydroxylation is 1. The highest BCUT2D eigenvalue weighted by Crippen LogP contribution is 2.03. The zero-order valence-electron chi connectivity index (χ0n) is 15.1. The molecule has 0 spiro atoms. The second-order valence-electron chi connectivity index (χ2n) is 5.78. The van der Waals surface area contributed by atoms with Crippen molar-refractivity contribution in [2.24, 2.45) is 4.99 Å². The summed E-state index contributed by atoms with van der Waals surface area (Å²) in [5.41, 5.74) is 0. The molecule has 0 atom stereocenters. The van der Waals surface area contributed by atoms with E-state index in [0.29, 0.717) is 30.3 Å². The average molecular weight is 438 g/mol. The van der Waals surface area contributed by atoms with E-state index in [4.69, 9.17) is 4.52 Å². The van der Waals surface area contributed by atoms with E-state index < -0.39 is 0 Å². The van der Waals surface area contributed by atoms with Crippen LogP contribution in [0.5, 0.6) is 0 Å². The molecule has 0 aliphatic rings. The Morgan fingerprint density at radius 1 is 1.22 bits per heavy atom. The molecule has 0 aromatic carbocycles. The minimum atomic E-state index is 0. The van der Waals surface area contributed by atoms with Gasteiger partial charge in [0, 0.05) is 31.7 Å². The summed E-state index contributed by atoms with van der Waals surface area (Å²) in [6.45, 7) is 15.7. The molecular formula is C15H31IN6O. The summed E-state index contributed by atoms with van der Waals surface area (Å²) in [5.74, 6) is 1.93. The Balaban J connectivity index is 0.00000484. The minimum Gasteiger partial charge on any atom is -0.357 e. The second-order valence-corrected chi connectivity index (χ2v) is 5.78. The van der Waals surface area contributed by atoms with Gasteiger partial charge in [0.1, 0.15) is 6.54 Å². The van der Waals surface area contributed by atoms with Crippen molar-refractivity contribution in [2.75, 3.05) is 19.6 Å². The smallest absolute Gasteiger partial charge is 0.248 e. The molecule has 0 aliphatic heterocycles. The van der Waals surface area contributed by atoms with Gasteiger partial charge in [-0.1, -0.05) is 5.16 Å². The highest BCUT2D eigenvalue weighted by atomic mass is 127. The molecule has 0 saturated carbocycles. The molecule has 8 heteroatoms. The molecule has 2 N–H and O–H groups in total. The lowest BCUT2D eigenvalue weighted by Gasteiger charge is -2.30. The molecule has 0 amide bonds. The number of halogens is 1. The van der Waals surface area contributed by atoms with Crippen molar-refractivity contribution in [1.82, 2.24) is 25.7 Å². The topological polar surface area (TPSA) is 78.6 Å². The molecular weight excluding hydrogens is 407 g/mol. The van der Waals surface area contributed by atoms with E-state index in [-0.39, 0.29) is 24.0 Å². The van der Waals surface area contributed by atoms with Crippen LogP contribution in [0.2, 0.25) is 0 Å².